The predicted molar refractivity (Wildman–Crippen MR) is 86.7 cm³/mol. The van der Waals surface area contributed by atoms with Crippen molar-refractivity contribution in [2.45, 2.75) is 29.1 Å². The van der Waals surface area contributed by atoms with Gasteiger partial charge in [-0.15, -0.1) is 11.3 Å². The van der Waals surface area contributed by atoms with E-state index in [4.69, 9.17) is 4.52 Å². The van der Waals surface area contributed by atoms with Crippen LogP contribution >= 0.6 is 11.3 Å². The maximum atomic E-state index is 12.4. The number of hydrogen-bond donors (Lipinski definition) is 3. The van der Waals surface area contributed by atoms with Crippen LogP contribution in [-0.4, -0.2) is 43.9 Å². The smallest absolute Gasteiger partial charge is 0.250 e. The summed E-state index contributed by atoms with van der Waals surface area (Å²) < 4.78 is 32.3. The Hall–Kier alpha value is -1.26. The van der Waals surface area contributed by atoms with E-state index >= 15 is 0 Å². The summed E-state index contributed by atoms with van der Waals surface area (Å²) in [4.78, 5) is 0.719. The molecule has 0 radical (unpaired) electrons. The van der Waals surface area contributed by atoms with Gasteiger partial charge >= 0.3 is 0 Å². The molecule has 1 unspecified atom stereocenters. The van der Waals surface area contributed by atoms with Crippen molar-refractivity contribution < 1.29 is 18.0 Å². The van der Waals surface area contributed by atoms with Gasteiger partial charge in [-0.1, -0.05) is 5.16 Å². The van der Waals surface area contributed by atoms with Crippen LogP contribution in [0.15, 0.2) is 33.2 Å². The van der Waals surface area contributed by atoms with Crippen LogP contribution in [0.5, 0.6) is 0 Å². The highest BCUT2D eigenvalue weighted by Gasteiger charge is 2.30. The zero-order valence-electron chi connectivity index (χ0n) is 12.5. The normalized spacial score (nSPS) is 22.8. The van der Waals surface area contributed by atoms with Crippen LogP contribution in [0.1, 0.15) is 19.3 Å². The maximum absolute atomic E-state index is 12.4. The predicted octanol–water partition coefficient (Wildman–Crippen LogP) is 1.19. The van der Waals surface area contributed by atoms with Crippen LogP contribution in [-0.2, 0) is 10.0 Å². The molecule has 9 heteroatoms. The first kappa shape index (κ1) is 16.6. The molecule has 0 bridgehead atoms. The standard InChI is InChI=1S/C14H19N3O4S2/c18-14(5-1-7-15-8-6-14)10-16-23(19,20)13-3-2-12(22-13)11-4-9-21-17-11/h2-4,9,15-16,18H,1,5-8,10H2. The highest BCUT2D eigenvalue weighted by atomic mass is 32.2. The van der Waals surface area contributed by atoms with E-state index in [2.05, 4.69) is 15.2 Å². The summed E-state index contributed by atoms with van der Waals surface area (Å²) in [6.45, 7) is 1.56. The van der Waals surface area contributed by atoms with Gasteiger partial charge in [0.15, 0.2) is 0 Å². The Morgan fingerprint density at radius 3 is 3.00 bits per heavy atom. The fourth-order valence-corrected chi connectivity index (χ4v) is 4.96. The molecule has 3 N–H and O–H groups in total. The van der Waals surface area contributed by atoms with Gasteiger partial charge in [0.05, 0.1) is 10.5 Å². The van der Waals surface area contributed by atoms with Gasteiger partial charge in [-0.3, -0.25) is 0 Å². The second-order valence-electron chi connectivity index (χ2n) is 5.66. The zero-order chi connectivity index (χ0) is 16.3. The Morgan fingerprint density at radius 2 is 2.22 bits per heavy atom. The van der Waals surface area contributed by atoms with Crippen LogP contribution in [0.3, 0.4) is 0 Å². The lowest BCUT2D eigenvalue weighted by atomic mass is 9.95. The lowest BCUT2D eigenvalue weighted by molar-refractivity contribution is 0.0335. The highest BCUT2D eigenvalue weighted by molar-refractivity contribution is 7.91. The zero-order valence-corrected chi connectivity index (χ0v) is 14.1. The Kier molecular flexibility index (Phi) is 4.83. The summed E-state index contributed by atoms with van der Waals surface area (Å²) in [6, 6.07) is 4.91. The van der Waals surface area contributed by atoms with Crippen LogP contribution in [0.2, 0.25) is 0 Å². The van der Waals surface area contributed by atoms with E-state index in [1.165, 1.54) is 12.3 Å². The maximum Gasteiger partial charge on any atom is 0.250 e. The van der Waals surface area contributed by atoms with Crippen molar-refractivity contribution >= 4 is 21.4 Å². The molecule has 3 rings (SSSR count). The van der Waals surface area contributed by atoms with Gasteiger partial charge in [0.2, 0.25) is 10.0 Å². The molecule has 2 aromatic rings. The molecule has 1 aliphatic rings. The largest absolute Gasteiger partial charge is 0.388 e. The molecule has 0 aliphatic carbocycles. The summed E-state index contributed by atoms with van der Waals surface area (Å²) >= 11 is 1.12. The van der Waals surface area contributed by atoms with Crippen molar-refractivity contribution in [3.05, 3.63) is 24.5 Å². The Bertz CT molecular complexity index is 732. The third-order valence-corrected chi connectivity index (χ3v) is 6.89. The molecule has 1 fully saturated rings. The van der Waals surface area contributed by atoms with Crippen molar-refractivity contribution in [3.63, 3.8) is 0 Å². The average Bonchev–Trinajstić information content (AvgIpc) is 3.16. The molecule has 126 valence electrons. The number of aromatic nitrogens is 1. The second-order valence-corrected chi connectivity index (χ2v) is 8.73. The molecule has 0 spiro atoms. The SMILES string of the molecule is O=S(=O)(NCC1(O)CCCNCC1)c1ccc(-c2ccon2)s1. The minimum Gasteiger partial charge on any atom is -0.388 e. The average molecular weight is 357 g/mol. The van der Waals surface area contributed by atoms with Crippen molar-refractivity contribution in [3.8, 4) is 10.6 Å². The molecule has 7 nitrogen and oxygen atoms in total. The lowest BCUT2D eigenvalue weighted by Gasteiger charge is -2.26. The molecule has 1 aliphatic heterocycles. The van der Waals surface area contributed by atoms with Crippen LogP contribution in [0.25, 0.3) is 10.6 Å². The van der Waals surface area contributed by atoms with Crippen molar-refractivity contribution in [1.82, 2.24) is 15.2 Å². The number of nitrogens with zero attached hydrogens (tertiary/aromatic N) is 1. The first-order valence-electron chi connectivity index (χ1n) is 7.42. The van der Waals surface area contributed by atoms with Crippen LogP contribution in [0.4, 0.5) is 0 Å². The minimum absolute atomic E-state index is 0.0220. The Balaban J connectivity index is 1.69. The molecule has 3 heterocycles. The summed E-state index contributed by atoms with van der Waals surface area (Å²) in [5.41, 5.74) is -0.395. The number of hydrogen-bond acceptors (Lipinski definition) is 7. The summed E-state index contributed by atoms with van der Waals surface area (Å²) in [5.74, 6) is 0. The van der Waals surface area contributed by atoms with Gasteiger partial charge in [0.1, 0.15) is 16.2 Å². The third kappa shape index (κ3) is 3.99. The van der Waals surface area contributed by atoms with Gasteiger partial charge in [-0.25, -0.2) is 13.1 Å². The second kappa shape index (κ2) is 6.70. The van der Waals surface area contributed by atoms with Crippen molar-refractivity contribution in [1.29, 1.82) is 0 Å². The minimum atomic E-state index is -3.65. The number of rotatable bonds is 5. The van der Waals surface area contributed by atoms with Gasteiger partial charge < -0.3 is 14.9 Å². The first-order valence-corrected chi connectivity index (χ1v) is 9.72. The van der Waals surface area contributed by atoms with Gasteiger partial charge in [-0.05, 0) is 44.5 Å². The van der Waals surface area contributed by atoms with E-state index in [0.29, 0.717) is 25.1 Å². The van der Waals surface area contributed by atoms with E-state index in [-0.39, 0.29) is 10.8 Å². The molecule has 23 heavy (non-hydrogen) atoms. The van der Waals surface area contributed by atoms with Gasteiger partial charge in [0, 0.05) is 12.6 Å². The van der Waals surface area contributed by atoms with Gasteiger partial charge in [0.25, 0.3) is 0 Å². The molecule has 2 aromatic heterocycles. The Morgan fingerprint density at radius 1 is 1.35 bits per heavy atom. The fourth-order valence-electron chi connectivity index (χ4n) is 2.53. The molecule has 0 saturated carbocycles. The summed E-state index contributed by atoms with van der Waals surface area (Å²) in [5, 5.41) is 17.5. The van der Waals surface area contributed by atoms with Crippen molar-refractivity contribution in [2.24, 2.45) is 0 Å². The highest BCUT2D eigenvalue weighted by Crippen LogP contribution is 2.29. The molecular formula is C14H19N3O4S2. The number of nitrogens with one attached hydrogen (secondary N) is 2. The molecule has 1 saturated heterocycles. The van der Waals surface area contributed by atoms with E-state index in [1.54, 1.807) is 12.1 Å². The number of aliphatic hydroxyl groups is 1. The molecule has 0 aromatic carbocycles. The molecular weight excluding hydrogens is 338 g/mol. The van der Waals surface area contributed by atoms with Crippen LogP contribution in [0, 0.1) is 0 Å². The first-order chi connectivity index (χ1) is 11.0. The monoisotopic (exact) mass is 357 g/mol. The lowest BCUT2D eigenvalue weighted by Crippen LogP contribution is -2.43. The third-order valence-electron chi connectivity index (χ3n) is 3.89. The topological polar surface area (TPSA) is 104 Å². The molecule has 0 amide bonds. The van der Waals surface area contributed by atoms with Crippen LogP contribution < -0.4 is 10.0 Å². The fraction of sp³-hybridized carbons (Fsp3) is 0.500. The van der Waals surface area contributed by atoms with Crippen molar-refractivity contribution in [2.75, 3.05) is 19.6 Å². The quantitative estimate of drug-likeness (QED) is 0.742. The summed E-state index contributed by atoms with van der Waals surface area (Å²) in [7, 11) is -3.65. The Labute approximate surface area is 138 Å². The summed E-state index contributed by atoms with van der Waals surface area (Å²) in [6.07, 6.45) is 3.38. The van der Waals surface area contributed by atoms with E-state index in [9.17, 15) is 13.5 Å². The number of sulfonamides is 1. The number of thiophene rings is 1. The molecule has 1 atom stereocenters. The van der Waals surface area contributed by atoms with E-state index in [1.807, 2.05) is 0 Å². The van der Waals surface area contributed by atoms with Gasteiger partial charge in [-0.2, -0.15) is 0 Å². The van der Waals surface area contributed by atoms with E-state index in [0.717, 1.165) is 29.2 Å². The van der Waals surface area contributed by atoms with E-state index < -0.39 is 15.6 Å².